The van der Waals surface area contributed by atoms with Gasteiger partial charge in [0, 0.05) is 19.5 Å². The number of nitrogens with zero attached hydrogens (tertiary/aromatic N) is 1. The molecule has 1 aromatic rings. The van der Waals surface area contributed by atoms with Gasteiger partial charge >= 0.3 is 0 Å². The third kappa shape index (κ3) is 5.82. The van der Waals surface area contributed by atoms with Crippen LogP contribution in [0.2, 0.25) is 0 Å². The van der Waals surface area contributed by atoms with E-state index in [2.05, 4.69) is 28.5 Å². The first-order valence-corrected chi connectivity index (χ1v) is 9.06. The van der Waals surface area contributed by atoms with Gasteiger partial charge in [-0.3, -0.25) is 4.79 Å². The lowest BCUT2D eigenvalue weighted by Gasteiger charge is -2.30. The zero-order valence-corrected chi connectivity index (χ0v) is 14.8. The Kier molecular flexibility index (Phi) is 7.33. The SMILES string of the molecule is CCCCCC(=O)NC(=S)Nc1ccccc1N1CCCCC1. The van der Waals surface area contributed by atoms with Crippen LogP contribution in [0.25, 0.3) is 0 Å². The molecule has 1 amide bonds. The van der Waals surface area contributed by atoms with E-state index in [1.54, 1.807) is 0 Å². The molecule has 2 N–H and O–H groups in total. The molecule has 126 valence electrons. The van der Waals surface area contributed by atoms with Crippen LogP contribution in [0.5, 0.6) is 0 Å². The van der Waals surface area contributed by atoms with Gasteiger partial charge in [-0.05, 0) is 50.0 Å². The molecule has 4 nitrogen and oxygen atoms in total. The van der Waals surface area contributed by atoms with Crippen LogP contribution in [-0.4, -0.2) is 24.1 Å². The van der Waals surface area contributed by atoms with Crippen LogP contribution < -0.4 is 15.5 Å². The van der Waals surface area contributed by atoms with E-state index in [9.17, 15) is 4.79 Å². The minimum atomic E-state index is -0.00796. The van der Waals surface area contributed by atoms with Gasteiger partial charge in [0.1, 0.15) is 0 Å². The third-order valence-corrected chi connectivity index (χ3v) is 4.31. The summed E-state index contributed by atoms with van der Waals surface area (Å²) in [4.78, 5) is 14.2. The molecule has 0 aromatic heterocycles. The molecular formula is C18H27N3OS. The molecule has 0 aliphatic carbocycles. The molecule has 0 atom stereocenters. The number of nitrogens with one attached hydrogen (secondary N) is 2. The van der Waals surface area contributed by atoms with Gasteiger partial charge in [-0.15, -0.1) is 0 Å². The van der Waals surface area contributed by atoms with E-state index in [0.717, 1.165) is 43.7 Å². The number of para-hydroxylation sites is 2. The minimum Gasteiger partial charge on any atom is -0.370 e. The number of benzene rings is 1. The number of hydrogen-bond donors (Lipinski definition) is 2. The molecule has 2 rings (SSSR count). The van der Waals surface area contributed by atoms with Crippen molar-refractivity contribution in [3.05, 3.63) is 24.3 Å². The van der Waals surface area contributed by atoms with Crippen molar-refractivity contribution < 1.29 is 4.79 Å². The second-order valence-electron chi connectivity index (χ2n) is 6.02. The molecule has 1 heterocycles. The number of carbonyl (C=O) groups excluding carboxylic acids is 1. The Morgan fingerprint density at radius 2 is 1.91 bits per heavy atom. The quantitative estimate of drug-likeness (QED) is 0.608. The van der Waals surface area contributed by atoms with E-state index in [1.807, 2.05) is 18.2 Å². The Morgan fingerprint density at radius 3 is 2.65 bits per heavy atom. The van der Waals surface area contributed by atoms with Crippen LogP contribution in [0.15, 0.2) is 24.3 Å². The summed E-state index contributed by atoms with van der Waals surface area (Å²) in [6, 6.07) is 8.15. The first kappa shape index (κ1) is 17.7. The number of anilines is 2. The fourth-order valence-electron chi connectivity index (χ4n) is 2.87. The van der Waals surface area contributed by atoms with Crippen molar-refractivity contribution in [3.8, 4) is 0 Å². The molecule has 1 fully saturated rings. The summed E-state index contributed by atoms with van der Waals surface area (Å²) in [6.45, 7) is 4.28. The number of rotatable bonds is 6. The lowest BCUT2D eigenvalue weighted by atomic mass is 10.1. The molecule has 0 spiro atoms. The van der Waals surface area contributed by atoms with Gasteiger partial charge < -0.3 is 15.5 Å². The lowest BCUT2D eigenvalue weighted by molar-refractivity contribution is -0.119. The van der Waals surface area contributed by atoms with Crippen LogP contribution in [0.1, 0.15) is 51.9 Å². The molecule has 23 heavy (non-hydrogen) atoms. The zero-order chi connectivity index (χ0) is 16.5. The average Bonchev–Trinajstić information content (AvgIpc) is 2.56. The topological polar surface area (TPSA) is 44.4 Å². The number of piperidine rings is 1. The van der Waals surface area contributed by atoms with E-state index in [1.165, 1.54) is 19.3 Å². The number of thiocarbonyl (C=S) groups is 1. The molecular weight excluding hydrogens is 306 g/mol. The van der Waals surface area contributed by atoms with Gasteiger partial charge in [0.25, 0.3) is 0 Å². The van der Waals surface area contributed by atoms with E-state index in [0.29, 0.717) is 11.5 Å². The summed E-state index contributed by atoms with van der Waals surface area (Å²) < 4.78 is 0. The zero-order valence-electron chi connectivity index (χ0n) is 13.9. The van der Waals surface area contributed by atoms with Gasteiger partial charge in [-0.25, -0.2) is 0 Å². The van der Waals surface area contributed by atoms with Crippen molar-refractivity contribution in [3.63, 3.8) is 0 Å². The van der Waals surface area contributed by atoms with Crippen molar-refractivity contribution in [2.24, 2.45) is 0 Å². The summed E-state index contributed by atoms with van der Waals surface area (Å²) in [7, 11) is 0. The average molecular weight is 334 g/mol. The number of unbranched alkanes of at least 4 members (excludes halogenated alkanes) is 2. The van der Waals surface area contributed by atoms with Crippen LogP contribution in [-0.2, 0) is 4.79 Å². The lowest BCUT2D eigenvalue weighted by Crippen LogP contribution is -2.35. The maximum atomic E-state index is 11.9. The molecule has 1 aromatic carbocycles. The molecule has 1 aliphatic rings. The van der Waals surface area contributed by atoms with Crippen molar-refractivity contribution in [2.45, 2.75) is 51.9 Å². The molecule has 0 unspecified atom stereocenters. The van der Waals surface area contributed by atoms with Crippen LogP contribution in [0.3, 0.4) is 0 Å². The van der Waals surface area contributed by atoms with Gasteiger partial charge in [0.15, 0.2) is 5.11 Å². The largest absolute Gasteiger partial charge is 0.370 e. The Morgan fingerprint density at radius 1 is 1.17 bits per heavy atom. The Bertz CT molecular complexity index is 527. The van der Waals surface area contributed by atoms with Crippen molar-refractivity contribution in [1.29, 1.82) is 0 Å². The van der Waals surface area contributed by atoms with Crippen molar-refractivity contribution in [2.75, 3.05) is 23.3 Å². The maximum Gasteiger partial charge on any atom is 0.226 e. The van der Waals surface area contributed by atoms with Crippen molar-refractivity contribution >= 4 is 34.6 Å². The summed E-state index contributed by atoms with van der Waals surface area (Å²) in [5.74, 6) is -0.00796. The fraction of sp³-hybridized carbons (Fsp3) is 0.556. The van der Waals surface area contributed by atoms with Crippen LogP contribution in [0.4, 0.5) is 11.4 Å². The molecule has 0 radical (unpaired) electrons. The Labute approximate surface area is 144 Å². The van der Waals surface area contributed by atoms with E-state index in [4.69, 9.17) is 12.2 Å². The number of carbonyl (C=O) groups is 1. The maximum absolute atomic E-state index is 11.9. The summed E-state index contributed by atoms with van der Waals surface area (Å²) >= 11 is 5.29. The minimum absolute atomic E-state index is 0.00796. The molecule has 0 bridgehead atoms. The fourth-order valence-corrected chi connectivity index (χ4v) is 3.09. The smallest absolute Gasteiger partial charge is 0.226 e. The molecule has 0 saturated carbocycles. The van der Waals surface area contributed by atoms with Crippen molar-refractivity contribution in [1.82, 2.24) is 5.32 Å². The number of hydrogen-bond acceptors (Lipinski definition) is 3. The summed E-state index contributed by atoms with van der Waals surface area (Å²) in [5, 5.41) is 6.35. The highest BCUT2D eigenvalue weighted by Crippen LogP contribution is 2.28. The summed E-state index contributed by atoms with van der Waals surface area (Å²) in [6.07, 6.45) is 7.39. The Hall–Kier alpha value is -1.62. The summed E-state index contributed by atoms with van der Waals surface area (Å²) in [5.41, 5.74) is 2.13. The second kappa shape index (κ2) is 9.50. The Balaban J connectivity index is 1.91. The van der Waals surface area contributed by atoms with E-state index >= 15 is 0 Å². The highest BCUT2D eigenvalue weighted by Gasteiger charge is 2.15. The monoisotopic (exact) mass is 333 g/mol. The molecule has 1 aliphatic heterocycles. The van der Waals surface area contributed by atoms with Gasteiger partial charge in [0.05, 0.1) is 11.4 Å². The normalized spacial score (nSPS) is 14.4. The number of amides is 1. The second-order valence-corrected chi connectivity index (χ2v) is 6.43. The highest BCUT2D eigenvalue weighted by atomic mass is 32.1. The first-order chi connectivity index (χ1) is 11.2. The first-order valence-electron chi connectivity index (χ1n) is 8.65. The third-order valence-electron chi connectivity index (χ3n) is 4.11. The van der Waals surface area contributed by atoms with E-state index < -0.39 is 0 Å². The van der Waals surface area contributed by atoms with Crippen LogP contribution in [0, 0.1) is 0 Å². The van der Waals surface area contributed by atoms with Gasteiger partial charge in [-0.2, -0.15) is 0 Å². The predicted octanol–water partition coefficient (Wildman–Crippen LogP) is 4.07. The van der Waals surface area contributed by atoms with Gasteiger partial charge in [-0.1, -0.05) is 31.9 Å². The molecule has 1 saturated heterocycles. The molecule has 5 heteroatoms. The van der Waals surface area contributed by atoms with Gasteiger partial charge in [0.2, 0.25) is 5.91 Å². The van der Waals surface area contributed by atoms with Crippen LogP contribution >= 0.6 is 12.2 Å². The highest BCUT2D eigenvalue weighted by molar-refractivity contribution is 7.80. The standard InChI is InChI=1S/C18H27N3OS/c1-2-3-5-12-17(22)20-18(23)19-15-10-6-7-11-16(15)21-13-8-4-9-14-21/h6-7,10-11H,2-5,8-9,12-14H2,1H3,(H2,19,20,22,23). The predicted molar refractivity (Wildman–Crippen MR) is 101 cm³/mol. The van der Waals surface area contributed by atoms with E-state index in [-0.39, 0.29) is 5.91 Å².